The molecule has 0 aromatic heterocycles. The van der Waals surface area contributed by atoms with Crippen LogP contribution in [0.25, 0.3) is 12.7 Å². The normalized spacial score (nSPS) is 16.9. The number of allylic oxidation sites excluding steroid dienone is 4. The van der Waals surface area contributed by atoms with E-state index < -0.39 is 0 Å². The van der Waals surface area contributed by atoms with Crippen molar-refractivity contribution in [3.63, 3.8) is 0 Å². The van der Waals surface area contributed by atoms with Crippen LogP contribution in [-0.4, -0.2) is 7.05 Å². The van der Waals surface area contributed by atoms with Crippen molar-refractivity contribution in [2.45, 2.75) is 12.8 Å². The van der Waals surface area contributed by atoms with Crippen molar-refractivity contribution in [2.75, 3.05) is 7.05 Å². The Bertz CT molecular complexity index is 618. The lowest BCUT2D eigenvalue weighted by molar-refractivity contribution is 0.989. The zero-order valence-electron chi connectivity index (χ0n) is 10.9. The molecule has 0 saturated heterocycles. The van der Waals surface area contributed by atoms with Gasteiger partial charge in [-0.05, 0) is 41.0 Å². The number of rotatable bonds is 3. The van der Waals surface area contributed by atoms with Gasteiger partial charge in [-0.3, -0.25) is 0 Å². The minimum absolute atomic E-state index is 1.01. The van der Waals surface area contributed by atoms with Crippen LogP contribution >= 0.6 is 0 Å². The van der Waals surface area contributed by atoms with Crippen molar-refractivity contribution in [1.82, 2.24) is 5.32 Å². The van der Waals surface area contributed by atoms with Gasteiger partial charge >= 0.3 is 0 Å². The first-order valence-electron chi connectivity index (χ1n) is 6.21. The minimum atomic E-state index is 1.01. The van der Waals surface area contributed by atoms with Crippen LogP contribution in [0.3, 0.4) is 0 Å². The highest BCUT2D eigenvalue weighted by atomic mass is 14.8. The molecule has 0 radical (unpaired) electrons. The topological polar surface area (TPSA) is 12.0 Å². The van der Waals surface area contributed by atoms with Gasteiger partial charge in [-0.25, -0.2) is 0 Å². The molecule has 1 heteroatoms. The van der Waals surface area contributed by atoms with Gasteiger partial charge in [0.15, 0.2) is 0 Å². The summed E-state index contributed by atoms with van der Waals surface area (Å²) in [6.45, 7) is 7.72. The van der Waals surface area contributed by atoms with E-state index >= 15 is 0 Å². The first-order chi connectivity index (χ1) is 8.72. The van der Waals surface area contributed by atoms with Crippen molar-refractivity contribution < 1.29 is 0 Å². The maximum absolute atomic E-state index is 3.99. The van der Waals surface area contributed by atoms with Crippen molar-refractivity contribution >= 4 is 12.7 Å². The lowest BCUT2D eigenvalue weighted by atomic mass is 9.93. The molecule has 1 N–H and O–H groups in total. The average molecular weight is 237 g/mol. The first kappa shape index (κ1) is 12.4. The summed E-state index contributed by atoms with van der Waals surface area (Å²) in [5.41, 5.74) is 3.88. The van der Waals surface area contributed by atoms with Gasteiger partial charge in [-0.1, -0.05) is 49.1 Å². The molecule has 18 heavy (non-hydrogen) atoms. The lowest BCUT2D eigenvalue weighted by Crippen LogP contribution is -2.18. The van der Waals surface area contributed by atoms with E-state index in [0.29, 0.717) is 0 Å². The predicted octanol–water partition coefficient (Wildman–Crippen LogP) is 2.04. The van der Waals surface area contributed by atoms with Crippen molar-refractivity contribution in [1.29, 1.82) is 0 Å². The molecule has 0 aliphatic heterocycles. The Labute approximate surface area is 109 Å². The number of benzene rings is 1. The fourth-order valence-electron chi connectivity index (χ4n) is 2.23. The smallest absolute Gasteiger partial charge is 0.0337 e. The van der Waals surface area contributed by atoms with E-state index in [1.54, 1.807) is 6.08 Å². The molecule has 0 heterocycles. The van der Waals surface area contributed by atoms with E-state index in [1.165, 1.54) is 16.4 Å². The fourth-order valence-corrected chi connectivity index (χ4v) is 2.23. The first-order valence-corrected chi connectivity index (χ1v) is 6.21. The zero-order valence-corrected chi connectivity index (χ0v) is 10.9. The third kappa shape index (κ3) is 2.80. The summed E-state index contributed by atoms with van der Waals surface area (Å²) in [6.07, 6.45) is 10.3. The molecule has 0 atom stereocenters. The Morgan fingerprint density at radius 2 is 2.22 bits per heavy atom. The van der Waals surface area contributed by atoms with Gasteiger partial charge in [0.1, 0.15) is 0 Å². The van der Waals surface area contributed by atoms with Gasteiger partial charge in [0.05, 0.1) is 0 Å². The maximum atomic E-state index is 3.99. The van der Waals surface area contributed by atoms with Gasteiger partial charge in [-0.15, -0.1) is 0 Å². The maximum Gasteiger partial charge on any atom is 0.0337 e. The Kier molecular flexibility index (Phi) is 3.83. The SMILES string of the molecule is C=C/C=C(\C=C1/CC=c2ccc(=C)cc2C1)NC. The molecule has 2 rings (SSSR count). The van der Waals surface area contributed by atoms with E-state index in [0.717, 1.165) is 23.8 Å². The highest BCUT2D eigenvalue weighted by Crippen LogP contribution is 2.15. The zero-order chi connectivity index (χ0) is 13.0. The van der Waals surface area contributed by atoms with Crippen LogP contribution in [0.5, 0.6) is 0 Å². The van der Waals surface area contributed by atoms with Gasteiger partial charge < -0.3 is 5.32 Å². The van der Waals surface area contributed by atoms with Crippen LogP contribution in [0.4, 0.5) is 0 Å². The van der Waals surface area contributed by atoms with Gasteiger partial charge in [0, 0.05) is 12.7 Å². The van der Waals surface area contributed by atoms with Crippen LogP contribution in [0, 0.1) is 0 Å². The molecule has 1 nitrogen and oxygen atoms in total. The number of likely N-dealkylation sites (N-methyl/N-ethyl adjacent to an activating group) is 1. The summed E-state index contributed by atoms with van der Waals surface area (Å²) < 4.78 is 0. The molecule has 1 aromatic carbocycles. The molecule has 1 aliphatic carbocycles. The number of fused-ring (bicyclic) bond motifs is 1. The summed E-state index contributed by atoms with van der Waals surface area (Å²) >= 11 is 0. The summed E-state index contributed by atoms with van der Waals surface area (Å²) in [6, 6.07) is 6.41. The Morgan fingerprint density at radius 1 is 1.39 bits per heavy atom. The summed E-state index contributed by atoms with van der Waals surface area (Å²) in [5, 5.41) is 5.60. The standard InChI is InChI=1S/C17H19N/c1-4-5-17(18-3)12-14-7-9-15-8-6-13(2)10-16(15)11-14/h4-6,8-10,12,18H,1-2,7,11H2,3H3/b14-12+,17-5+. The molecule has 1 aliphatic rings. The molecular formula is C17H19N. The summed E-state index contributed by atoms with van der Waals surface area (Å²) in [7, 11) is 1.93. The number of nitrogens with one attached hydrogen (secondary N) is 1. The summed E-state index contributed by atoms with van der Waals surface area (Å²) in [5.74, 6) is 0. The molecule has 1 aromatic rings. The molecule has 0 spiro atoms. The number of hydrogen-bond acceptors (Lipinski definition) is 1. The molecule has 0 unspecified atom stereocenters. The molecule has 0 saturated carbocycles. The largest absolute Gasteiger partial charge is 0.388 e. The van der Waals surface area contributed by atoms with Crippen LogP contribution < -0.4 is 15.8 Å². The Hall–Kier alpha value is -2.02. The van der Waals surface area contributed by atoms with E-state index in [4.69, 9.17) is 0 Å². The van der Waals surface area contributed by atoms with Gasteiger partial charge in [-0.2, -0.15) is 0 Å². The van der Waals surface area contributed by atoms with Gasteiger partial charge in [0.25, 0.3) is 0 Å². The highest BCUT2D eigenvalue weighted by molar-refractivity contribution is 5.44. The second-order valence-corrected chi connectivity index (χ2v) is 4.53. The summed E-state index contributed by atoms with van der Waals surface area (Å²) in [4.78, 5) is 0. The van der Waals surface area contributed by atoms with Crippen molar-refractivity contribution in [3.05, 3.63) is 70.3 Å². The van der Waals surface area contributed by atoms with Crippen molar-refractivity contribution in [3.8, 4) is 0 Å². The third-order valence-corrected chi connectivity index (χ3v) is 3.15. The van der Waals surface area contributed by atoms with E-state index in [-0.39, 0.29) is 0 Å². The van der Waals surface area contributed by atoms with Crippen LogP contribution in [-0.2, 0) is 6.42 Å². The quantitative estimate of drug-likeness (QED) is 0.793. The Morgan fingerprint density at radius 3 is 2.94 bits per heavy atom. The van der Waals surface area contributed by atoms with Crippen LogP contribution in [0.2, 0.25) is 0 Å². The second kappa shape index (κ2) is 5.54. The monoisotopic (exact) mass is 237 g/mol. The lowest BCUT2D eigenvalue weighted by Gasteiger charge is -2.13. The van der Waals surface area contributed by atoms with Crippen LogP contribution in [0.15, 0.2) is 54.3 Å². The van der Waals surface area contributed by atoms with Gasteiger partial charge in [0.2, 0.25) is 0 Å². The molecule has 92 valence electrons. The second-order valence-electron chi connectivity index (χ2n) is 4.53. The Balaban J connectivity index is 2.32. The van der Waals surface area contributed by atoms with E-state index in [2.05, 4.69) is 48.8 Å². The molecule has 0 amide bonds. The fraction of sp³-hybridized carbons (Fsp3) is 0.176. The highest BCUT2D eigenvalue weighted by Gasteiger charge is 2.06. The van der Waals surface area contributed by atoms with E-state index in [1.807, 2.05) is 13.1 Å². The average Bonchev–Trinajstić information content (AvgIpc) is 2.37. The predicted molar refractivity (Wildman–Crippen MR) is 79.4 cm³/mol. The molecule has 0 bridgehead atoms. The van der Waals surface area contributed by atoms with Crippen LogP contribution in [0.1, 0.15) is 12.0 Å². The number of hydrogen-bond donors (Lipinski definition) is 1. The van der Waals surface area contributed by atoms with Crippen molar-refractivity contribution in [2.24, 2.45) is 0 Å². The minimum Gasteiger partial charge on any atom is -0.388 e. The molecule has 0 fully saturated rings. The molecular weight excluding hydrogens is 218 g/mol. The third-order valence-electron chi connectivity index (χ3n) is 3.15. The van der Waals surface area contributed by atoms with E-state index in [9.17, 15) is 0 Å².